The van der Waals surface area contributed by atoms with E-state index < -0.39 is 14.9 Å². The molecule has 0 atom stereocenters. The smallest absolute Gasteiger partial charge is 0.270 e. The summed E-state index contributed by atoms with van der Waals surface area (Å²) < 4.78 is 29.1. The van der Waals surface area contributed by atoms with Crippen LogP contribution in [0.4, 0.5) is 17.1 Å². The highest BCUT2D eigenvalue weighted by atomic mass is 32.2. The van der Waals surface area contributed by atoms with E-state index in [1.807, 2.05) is 37.3 Å². The normalized spacial score (nSPS) is 11.9. The number of non-ortho nitro benzene ring substituents is 1. The minimum absolute atomic E-state index is 0.0393. The fourth-order valence-corrected chi connectivity index (χ4v) is 5.13. The molecule has 0 aliphatic carbocycles. The Bertz CT molecular complexity index is 1630. The highest BCUT2D eigenvalue weighted by Crippen LogP contribution is 2.31. The lowest BCUT2D eigenvalue weighted by Gasteiger charge is -2.14. The zero-order valence-electron chi connectivity index (χ0n) is 19.8. The number of anilines is 2. The summed E-state index contributed by atoms with van der Waals surface area (Å²) in [7, 11) is -4.22. The average molecular weight is 505 g/mol. The molecule has 3 N–H and O–H groups in total. The van der Waals surface area contributed by atoms with Crippen LogP contribution in [0.5, 0.6) is 5.75 Å². The first kappa shape index (κ1) is 24.7. The number of aryl methyl sites for hydroxylation is 2. The Kier molecular flexibility index (Phi) is 6.63. The molecule has 4 aromatic rings. The number of nitrogens with zero attached hydrogens (tertiary/aromatic N) is 2. The number of sulfonamides is 1. The van der Waals surface area contributed by atoms with Gasteiger partial charge in [-0.05, 0) is 49.9 Å². The molecule has 0 radical (unpaired) electrons. The van der Waals surface area contributed by atoms with Crippen molar-refractivity contribution in [2.24, 2.45) is 5.10 Å². The quantitative estimate of drug-likeness (QED) is 0.168. The minimum Gasteiger partial charge on any atom is -0.507 e. The third-order valence-corrected chi connectivity index (χ3v) is 7.13. The van der Waals surface area contributed by atoms with Gasteiger partial charge in [-0.3, -0.25) is 20.3 Å². The number of hydrogen-bond donors (Lipinski definition) is 3. The fraction of sp³-hybridized carbons (Fsp3) is 0.115. The third kappa shape index (κ3) is 4.98. The fourth-order valence-electron chi connectivity index (χ4n) is 3.82. The van der Waals surface area contributed by atoms with Crippen LogP contribution in [0, 0.1) is 24.0 Å². The summed E-state index contributed by atoms with van der Waals surface area (Å²) in [6.45, 7) is 5.31. The molecule has 0 heterocycles. The second-order valence-corrected chi connectivity index (χ2v) is 10.0. The Hall–Kier alpha value is -4.44. The van der Waals surface area contributed by atoms with E-state index in [0.29, 0.717) is 27.9 Å². The summed E-state index contributed by atoms with van der Waals surface area (Å²) in [5.41, 5.74) is 5.25. The number of rotatable bonds is 7. The van der Waals surface area contributed by atoms with E-state index in [-0.39, 0.29) is 22.0 Å². The van der Waals surface area contributed by atoms with Gasteiger partial charge in [-0.15, -0.1) is 0 Å². The Labute approximate surface area is 208 Å². The van der Waals surface area contributed by atoms with Crippen molar-refractivity contribution in [2.75, 3.05) is 10.1 Å². The van der Waals surface area contributed by atoms with Gasteiger partial charge in [0.05, 0.1) is 22.0 Å². The molecule has 4 aromatic carbocycles. The number of fused-ring (bicyclic) bond motifs is 1. The van der Waals surface area contributed by atoms with Crippen LogP contribution in [0.3, 0.4) is 0 Å². The number of aromatic hydroxyl groups is 1. The lowest BCUT2D eigenvalue weighted by Crippen LogP contribution is -2.16. The summed E-state index contributed by atoms with van der Waals surface area (Å²) in [6.07, 6.45) is 0. The van der Waals surface area contributed by atoms with Gasteiger partial charge < -0.3 is 5.11 Å². The van der Waals surface area contributed by atoms with E-state index >= 15 is 0 Å². The van der Waals surface area contributed by atoms with E-state index in [2.05, 4.69) is 15.2 Å². The van der Waals surface area contributed by atoms with Crippen molar-refractivity contribution in [3.63, 3.8) is 0 Å². The predicted octanol–water partition coefficient (Wildman–Crippen LogP) is 5.71. The lowest BCUT2D eigenvalue weighted by atomic mass is 10.0. The van der Waals surface area contributed by atoms with Gasteiger partial charge in [-0.1, -0.05) is 48.0 Å². The first-order valence-corrected chi connectivity index (χ1v) is 12.4. The van der Waals surface area contributed by atoms with Crippen LogP contribution in [-0.4, -0.2) is 24.2 Å². The van der Waals surface area contributed by atoms with Crippen LogP contribution >= 0.6 is 0 Å². The monoisotopic (exact) mass is 504 g/mol. The molecule has 0 amide bonds. The predicted molar refractivity (Wildman–Crippen MR) is 141 cm³/mol. The van der Waals surface area contributed by atoms with E-state index in [9.17, 15) is 23.6 Å². The van der Waals surface area contributed by atoms with Gasteiger partial charge in [0.2, 0.25) is 0 Å². The number of nitro groups is 1. The zero-order chi connectivity index (χ0) is 26.0. The number of hydrogen-bond acceptors (Lipinski definition) is 7. The van der Waals surface area contributed by atoms with Crippen LogP contribution < -0.4 is 10.1 Å². The standard InChI is InChI=1S/C26H24N4O5S/c1-16-8-12-23(17(2)14-16)29-36(34,35)25-15-20(30(32)33)10-13-24(25)28-27-18(3)21-11-9-19-6-4-5-7-22(19)26(21)31/h4-15,28-29,31H,1-3H3/b27-18+. The number of nitrogens with one attached hydrogen (secondary N) is 2. The van der Waals surface area contributed by atoms with Gasteiger partial charge in [0.15, 0.2) is 0 Å². The number of benzene rings is 4. The molecule has 184 valence electrons. The Morgan fingerprint density at radius 2 is 1.69 bits per heavy atom. The molecule has 0 bridgehead atoms. The third-order valence-electron chi connectivity index (χ3n) is 5.73. The van der Waals surface area contributed by atoms with Gasteiger partial charge in [-0.2, -0.15) is 5.10 Å². The molecule has 10 heteroatoms. The largest absolute Gasteiger partial charge is 0.507 e. The van der Waals surface area contributed by atoms with Crippen molar-refractivity contribution >= 4 is 43.6 Å². The molecule has 0 spiro atoms. The second-order valence-electron chi connectivity index (χ2n) is 8.35. The molecule has 0 unspecified atom stereocenters. The summed E-state index contributed by atoms with van der Waals surface area (Å²) in [4.78, 5) is 10.3. The molecule has 36 heavy (non-hydrogen) atoms. The zero-order valence-corrected chi connectivity index (χ0v) is 20.6. The molecule has 4 rings (SSSR count). The summed E-state index contributed by atoms with van der Waals surface area (Å²) in [5, 5.41) is 27.8. The highest BCUT2D eigenvalue weighted by Gasteiger charge is 2.23. The van der Waals surface area contributed by atoms with Gasteiger partial charge in [0.1, 0.15) is 10.6 Å². The van der Waals surface area contributed by atoms with Gasteiger partial charge in [-0.25, -0.2) is 8.42 Å². The van der Waals surface area contributed by atoms with Crippen LogP contribution in [0.1, 0.15) is 23.6 Å². The maximum Gasteiger partial charge on any atom is 0.270 e. The van der Waals surface area contributed by atoms with Crippen molar-refractivity contribution in [1.82, 2.24) is 0 Å². The summed E-state index contributed by atoms with van der Waals surface area (Å²) >= 11 is 0. The van der Waals surface area contributed by atoms with Gasteiger partial charge >= 0.3 is 0 Å². The Morgan fingerprint density at radius 3 is 2.42 bits per heavy atom. The first-order chi connectivity index (χ1) is 17.1. The minimum atomic E-state index is -4.22. The van der Waals surface area contributed by atoms with E-state index in [1.165, 1.54) is 12.1 Å². The summed E-state index contributed by atoms with van der Waals surface area (Å²) in [6, 6.07) is 19.6. The van der Waals surface area contributed by atoms with Crippen LogP contribution in [-0.2, 0) is 10.0 Å². The van der Waals surface area contributed by atoms with E-state index in [0.717, 1.165) is 17.0 Å². The van der Waals surface area contributed by atoms with Crippen LogP contribution in [0.2, 0.25) is 0 Å². The number of nitro benzene ring substituents is 1. The first-order valence-electron chi connectivity index (χ1n) is 11.0. The molecule has 0 saturated carbocycles. The van der Waals surface area contributed by atoms with E-state index in [1.54, 1.807) is 38.1 Å². The van der Waals surface area contributed by atoms with Crippen molar-refractivity contribution in [3.8, 4) is 5.75 Å². The van der Waals surface area contributed by atoms with Gasteiger partial charge in [0, 0.05) is 23.1 Å². The molecular weight excluding hydrogens is 480 g/mol. The number of phenols is 1. The molecule has 0 fully saturated rings. The molecule has 0 saturated heterocycles. The lowest BCUT2D eigenvalue weighted by molar-refractivity contribution is -0.385. The molecule has 9 nitrogen and oxygen atoms in total. The number of hydrazone groups is 1. The molecule has 0 aliphatic rings. The second kappa shape index (κ2) is 9.67. The molecular formula is C26H24N4O5S. The molecule has 0 aliphatic heterocycles. The van der Waals surface area contributed by atoms with Crippen LogP contribution in [0.25, 0.3) is 10.8 Å². The average Bonchev–Trinajstić information content (AvgIpc) is 2.84. The topological polar surface area (TPSA) is 134 Å². The Balaban J connectivity index is 1.72. The van der Waals surface area contributed by atoms with Crippen molar-refractivity contribution < 1.29 is 18.4 Å². The van der Waals surface area contributed by atoms with Gasteiger partial charge in [0.25, 0.3) is 15.7 Å². The SMILES string of the molecule is C/C(=N\Nc1ccc([N+](=O)[O-])cc1S(=O)(=O)Nc1ccc(C)cc1C)c1ccc2ccccc2c1O. The maximum atomic E-state index is 13.3. The highest BCUT2D eigenvalue weighted by molar-refractivity contribution is 7.92. The maximum absolute atomic E-state index is 13.3. The Morgan fingerprint density at radius 1 is 0.972 bits per heavy atom. The van der Waals surface area contributed by atoms with Crippen molar-refractivity contribution in [1.29, 1.82) is 0 Å². The molecule has 0 aromatic heterocycles. The van der Waals surface area contributed by atoms with Crippen LogP contribution in [0.15, 0.2) is 82.8 Å². The van der Waals surface area contributed by atoms with Crippen molar-refractivity contribution in [3.05, 3.63) is 99.6 Å². The number of phenolic OH excluding ortho intramolecular Hbond substituents is 1. The van der Waals surface area contributed by atoms with Crippen molar-refractivity contribution in [2.45, 2.75) is 25.7 Å². The van der Waals surface area contributed by atoms with E-state index in [4.69, 9.17) is 0 Å². The summed E-state index contributed by atoms with van der Waals surface area (Å²) in [5.74, 6) is 0.0456.